The third-order valence-electron chi connectivity index (χ3n) is 6.54. The van der Waals surface area contributed by atoms with Crippen molar-refractivity contribution in [2.24, 2.45) is 5.92 Å². The summed E-state index contributed by atoms with van der Waals surface area (Å²) < 4.78 is 0. The molecule has 3 rings (SSSR count). The molecule has 1 aromatic rings. The van der Waals surface area contributed by atoms with Crippen LogP contribution in [-0.4, -0.2) is 18.4 Å². The lowest BCUT2D eigenvalue weighted by Gasteiger charge is -2.28. The van der Waals surface area contributed by atoms with Gasteiger partial charge in [-0.25, -0.2) is 0 Å². The molecule has 0 radical (unpaired) electrons. The van der Waals surface area contributed by atoms with Crippen molar-refractivity contribution in [1.82, 2.24) is 5.32 Å². The van der Waals surface area contributed by atoms with E-state index in [0.717, 1.165) is 23.0 Å². The van der Waals surface area contributed by atoms with Gasteiger partial charge in [-0.1, -0.05) is 62.3 Å². The van der Waals surface area contributed by atoms with Crippen molar-refractivity contribution in [3.63, 3.8) is 0 Å². The van der Waals surface area contributed by atoms with Crippen LogP contribution in [0.15, 0.2) is 18.2 Å². The smallest absolute Gasteiger partial charge is 0.164 e. The van der Waals surface area contributed by atoms with Gasteiger partial charge in [0.2, 0.25) is 0 Å². The van der Waals surface area contributed by atoms with Crippen LogP contribution in [0, 0.1) is 5.92 Å². The van der Waals surface area contributed by atoms with Crippen LogP contribution in [-0.2, 0) is 0 Å². The Labute approximate surface area is 164 Å². The molecule has 0 saturated heterocycles. The zero-order chi connectivity index (χ0) is 18.4. The lowest BCUT2D eigenvalue weighted by molar-refractivity contribution is 0.0980. The highest BCUT2D eigenvalue weighted by Gasteiger charge is 2.21. The van der Waals surface area contributed by atoms with Crippen LogP contribution in [0.25, 0.3) is 0 Å². The van der Waals surface area contributed by atoms with Crippen molar-refractivity contribution >= 4 is 17.4 Å². The number of carbonyl (C=O) groups is 1. The second-order valence-electron chi connectivity index (χ2n) is 8.39. The van der Waals surface area contributed by atoms with Crippen LogP contribution >= 0.6 is 11.6 Å². The predicted octanol–water partition coefficient (Wildman–Crippen LogP) is 6.52. The molecule has 2 fully saturated rings. The number of Topliss-reactive ketones (excluding diaryl/α,β-unsaturated/α-hetero) is 1. The normalized spacial score (nSPS) is 20.8. The third-order valence-corrected chi connectivity index (χ3v) is 6.87. The van der Waals surface area contributed by atoms with E-state index in [1.165, 1.54) is 69.8 Å². The Morgan fingerprint density at radius 3 is 2.38 bits per heavy atom. The van der Waals surface area contributed by atoms with Gasteiger partial charge in [-0.2, -0.15) is 0 Å². The summed E-state index contributed by atoms with van der Waals surface area (Å²) in [6.07, 6.45) is 13.7. The summed E-state index contributed by atoms with van der Waals surface area (Å²) >= 11 is 6.52. The fraction of sp³-hybridized carbons (Fsp3) is 0.696. The molecule has 1 unspecified atom stereocenters. The number of ketones is 1. The van der Waals surface area contributed by atoms with Gasteiger partial charge in [-0.3, -0.25) is 4.79 Å². The SMILES string of the molecule is CC(NCCC(=O)c1ccc(C2CCCCC2)c(Cl)c1)C1CCCCC1. The number of halogens is 1. The molecule has 1 atom stereocenters. The average Bonchev–Trinajstić information content (AvgIpc) is 2.69. The summed E-state index contributed by atoms with van der Waals surface area (Å²) in [5.41, 5.74) is 2.01. The zero-order valence-electron chi connectivity index (χ0n) is 16.2. The van der Waals surface area contributed by atoms with E-state index in [2.05, 4.69) is 18.3 Å². The van der Waals surface area contributed by atoms with Gasteiger partial charge < -0.3 is 5.32 Å². The van der Waals surface area contributed by atoms with Crippen LogP contribution in [0.2, 0.25) is 5.02 Å². The Kier molecular flexibility index (Phi) is 7.57. The molecule has 26 heavy (non-hydrogen) atoms. The highest BCUT2D eigenvalue weighted by molar-refractivity contribution is 6.31. The molecule has 0 bridgehead atoms. The van der Waals surface area contributed by atoms with E-state index in [-0.39, 0.29) is 5.78 Å². The molecule has 2 nitrogen and oxygen atoms in total. The molecule has 2 saturated carbocycles. The summed E-state index contributed by atoms with van der Waals surface area (Å²) in [6.45, 7) is 3.04. The molecule has 0 spiro atoms. The lowest BCUT2D eigenvalue weighted by atomic mass is 9.83. The van der Waals surface area contributed by atoms with Gasteiger partial charge in [0.25, 0.3) is 0 Å². The van der Waals surface area contributed by atoms with Gasteiger partial charge >= 0.3 is 0 Å². The van der Waals surface area contributed by atoms with Crippen LogP contribution < -0.4 is 5.32 Å². The Hall–Kier alpha value is -0.860. The van der Waals surface area contributed by atoms with Gasteiger partial charge in [-0.15, -0.1) is 0 Å². The van der Waals surface area contributed by atoms with Gasteiger partial charge in [0, 0.05) is 29.6 Å². The highest BCUT2D eigenvalue weighted by Crippen LogP contribution is 2.36. The molecule has 0 aromatic heterocycles. The van der Waals surface area contributed by atoms with Gasteiger partial charge in [0.1, 0.15) is 0 Å². The summed E-state index contributed by atoms with van der Waals surface area (Å²) in [4.78, 5) is 12.5. The van der Waals surface area contributed by atoms with E-state index in [9.17, 15) is 4.79 Å². The summed E-state index contributed by atoms with van der Waals surface area (Å²) in [6, 6.07) is 6.51. The number of hydrogen-bond donors (Lipinski definition) is 1. The summed E-state index contributed by atoms with van der Waals surface area (Å²) in [5.74, 6) is 1.56. The fourth-order valence-electron chi connectivity index (χ4n) is 4.80. The van der Waals surface area contributed by atoms with E-state index >= 15 is 0 Å². The second-order valence-corrected chi connectivity index (χ2v) is 8.79. The fourth-order valence-corrected chi connectivity index (χ4v) is 5.14. The van der Waals surface area contributed by atoms with Gasteiger partial charge in [0.15, 0.2) is 5.78 Å². The maximum Gasteiger partial charge on any atom is 0.164 e. The predicted molar refractivity (Wildman–Crippen MR) is 110 cm³/mol. The Morgan fingerprint density at radius 2 is 1.73 bits per heavy atom. The molecule has 0 aliphatic heterocycles. The first-order valence-electron chi connectivity index (χ1n) is 10.7. The molecule has 2 aliphatic carbocycles. The molecule has 3 heteroatoms. The summed E-state index contributed by atoms with van der Waals surface area (Å²) in [7, 11) is 0. The van der Waals surface area contributed by atoms with Gasteiger partial charge in [-0.05, 0) is 56.1 Å². The van der Waals surface area contributed by atoms with Crippen molar-refractivity contribution in [1.29, 1.82) is 0 Å². The quantitative estimate of drug-likeness (QED) is 0.549. The van der Waals surface area contributed by atoms with Crippen molar-refractivity contribution in [2.75, 3.05) is 6.54 Å². The monoisotopic (exact) mass is 375 g/mol. The minimum atomic E-state index is 0.199. The van der Waals surface area contributed by atoms with E-state index < -0.39 is 0 Å². The number of nitrogens with one attached hydrogen (secondary N) is 1. The molecular weight excluding hydrogens is 342 g/mol. The standard InChI is InChI=1S/C23H34ClNO/c1-17(18-8-4-2-5-9-18)25-15-14-23(26)20-12-13-21(22(24)16-20)19-10-6-3-7-11-19/h12-13,16-19,25H,2-11,14-15H2,1H3. The van der Waals surface area contributed by atoms with Crippen LogP contribution in [0.4, 0.5) is 0 Å². The minimum absolute atomic E-state index is 0.199. The Bertz CT molecular complexity index is 588. The van der Waals surface area contributed by atoms with Crippen molar-refractivity contribution in [2.45, 2.75) is 89.5 Å². The molecule has 144 valence electrons. The first kappa shape index (κ1) is 19.9. The minimum Gasteiger partial charge on any atom is -0.314 e. The van der Waals surface area contributed by atoms with Crippen molar-refractivity contribution in [3.8, 4) is 0 Å². The van der Waals surface area contributed by atoms with Crippen LogP contribution in [0.3, 0.4) is 0 Å². The number of carbonyl (C=O) groups excluding carboxylic acids is 1. The van der Waals surface area contributed by atoms with E-state index in [1.807, 2.05) is 12.1 Å². The van der Waals surface area contributed by atoms with Crippen LogP contribution in [0.5, 0.6) is 0 Å². The Morgan fingerprint density at radius 1 is 1.08 bits per heavy atom. The number of hydrogen-bond acceptors (Lipinski definition) is 2. The van der Waals surface area contributed by atoms with E-state index in [1.54, 1.807) is 0 Å². The third kappa shape index (κ3) is 5.33. The van der Waals surface area contributed by atoms with Crippen molar-refractivity contribution < 1.29 is 4.79 Å². The molecule has 0 heterocycles. The zero-order valence-corrected chi connectivity index (χ0v) is 17.0. The number of benzene rings is 1. The first-order valence-corrected chi connectivity index (χ1v) is 11.1. The van der Waals surface area contributed by atoms with E-state index in [0.29, 0.717) is 18.4 Å². The molecule has 0 amide bonds. The maximum absolute atomic E-state index is 12.5. The maximum atomic E-state index is 12.5. The molecule has 1 N–H and O–H groups in total. The molecular formula is C23H34ClNO. The number of rotatable bonds is 7. The lowest BCUT2D eigenvalue weighted by Crippen LogP contribution is -2.35. The Balaban J connectivity index is 1.49. The second kappa shape index (κ2) is 9.90. The van der Waals surface area contributed by atoms with Crippen molar-refractivity contribution in [3.05, 3.63) is 34.3 Å². The van der Waals surface area contributed by atoms with E-state index in [4.69, 9.17) is 11.6 Å². The summed E-state index contributed by atoms with van der Waals surface area (Å²) in [5, 5.41) is 4.36. The average molecular weight is 376 g/mol. The largest absolute Gasteiger partial charge is 0.314 e. The first-order chi connectivity index (χ1) is 12.6. The molecule has 2 aliphatic rings. The molecule has 1 aromatic carbocycles. The van der Waals surface area contributed by atoms with Crippen LogP contribution in [0.1, 0.15) is 99.4 Å². The topological polar surface area (TPSA) is 29.1 Å². The van der Waals surface area contributed by atoms with Gasteiger partial charge in [0.05, 0.1) is 0 Å². The highest BCUT2D eigenvalue weighted by atomic mass is 35.5.